The number of rotatable bonds is 3. The molecular weight excluding hydrogens is 343 g/mol. The standard InChI is InChI=1S/C11H13ClN4OS.2ClH/c1-6-4-9(17)14-11(13-6)18-5-8-7(2)15-16(3)10(8)12;;/h4H,5H2,1-3H3,(H,13,14,17);2*1H. The fourth-order valence-electron chi connectivity index (χ4n) is 1.56. The monoisotopic (exact) mass is 356 g/mol. The maximum atomic E-state index is 9.40. The predicted molar refractivity (Wildman–Crippen MR) is 85.4 cm³/mol. The minimum absolute atomic E-state index is 0. The first-order valence-corrected chi connectivity index (χ1v) is 6.69. The Morgan fingerprint density at radius 3 is 2.45 bits per heavy atom. The molecule has 0 bridgehead atoms. The van der Waals surface area contributed by atoms with E-state index >= 15 is 0 Å². The Morgan fingerprint density at radius 2 is 1.95 bits per heavy atom. The van der Waals surface area contributed by atoms with Crippen molar-refractivity contribution in [2.24, 2.45) is 7.05 Å². The number of thioether (sulfide) groups is 1. The molecule has 0 aromatic carbocycles. The second-order valence-corrected chi connectivity index (χ2v) is 5.22. The van der Waals surface area contributed by atoms with Gasteiger partial charge in [0.25, 0.3) is 0 Å². The lowest BCUT2D eigenvalue weighted by Gasteiger charge is -2.02. The van der Waals surface area contributed by atoms with Crippen LogP contribution in [0.25, 0.3) is 0 Å². The van der Waals surface area contributed by atoms with Crippen LogP contribution in [-0.2, 0) is 12.8 Å². The minimum Gasteiger partial charge on any atom is -0.493 e. The van der Waals surface area contributed by atoms with E-state index in [1.807, 2.05) is 13.8 Å². The largest absolute Gasteiger partial charge is 0.493 e. The van der Waals surface area contributed by atoms with E-state index in [2.05, 4.69) is 15.1 Å². The molecule has 0 aliphatic carbocycles. The Kier molecular flexibility index (Phi) is 7.65. The van der Waals surface area contributed by atoms with Gasteiger partial charge < -0.3 is 5.11 Å². The van der Waals surface area contributed by atoms with Gasteiger partial charge in [0.1, 0.15) is 5.15 Å². The van der Waals surface area contributed by atoms with Crippen molar-refractivity contribution in [1.82, 2.24) is 19.7 Å². The molecule has 0 radical (unpaired) electrons. The van der Waals surface area contributed by atoms with Crippen LogP contribution in [-0.4, -0.2) is 24.9 Å². The van der Waals surface area contributed by atoms with Gasteiger partial charge in [0, 0.05) is 30.1 Å². The highest BCUT2D eigenvalue weighted by atomic mass is 35.5. The molecule has 0 amide bonds. The number of aryl methyl sites for hydroxylation is 3. The van der Waals surface area contributed by atoms with Crippen LogP contribution in [0.5, 0.6) is 5.88 Å². The van der Waals surface area contributed by atoms with Gasteiger partial charge in [0.05, 0.1) is 5.69 Å². The van der Waals surface area contributed by atoms with Gasteiger partial charge in [0.15, 0.2) is 5.16 Å². The summed E-state index contributed by atoms with van der Waals surface area (Å²) in [5.74, 6) is 0.612. The zero-order valence-corrected chi connectivity index (χ0v) is 14.3. The summed E-state index contributed by atoms with van der Waals surface area (Å²) in [5.41, 5.74) is 2.60. The fraction of sp³-hybridized carbons (Fsp3) is 0.364. The molecule has 2 aromatic rings. The molecule has 5 nitrogen and oxygen atoms in total. The zero-order valence-electron chi connectivity index (χ0n) is 11.1. The van der Waals surface area contributed by atoms with E-state index in [0.29, 0.717) is 16.1 Å². The summed E-state index contributed by atoms with van der Waals surface area (Å²) < 4.78 is 1.64. The number of hydrogen-bond donors (Lipinski definition) is 1. The van der Waals surface area contributed by atoms with E-state index < -0.39 is 0 Å². The molecule has 9 heteroatoms. The Morgan fingerprint density at radius 1 is 1.30 bits per heavy atom. The lowest BCUT2D eigenvalue weighted by molar-refractivity contribution is 0.444. The molecule has 0 saturated heterocycles. The summed E-state index contributed by atoms with van der Waals surface area (Å²) >= 11 is 7.56. The topological polar surface area (TPSA) is 63.8 Å². The van der Waals surface area contributed by atoms with Crippen molar-refractivity contribution in [2.45, 2.75) is 24.8 Å². The molecule has 2 rings (SSSR count). The third-order valence-electron chi connectivity index (χ3n) is 2.44. The van der Waals surface area contributed by atoms with E-state index in [4.69, 9.17) is 11.6 Å². The van der Waals surface area contributed by atoms with Crippen LogP contribution >= 0.6 is 48.2 Å². The predicted octanol–water partition coefficient (Wildman–Crippen LogP) is 3.32. The summed E-state index contributed by atoms with van der Waals surface area (Å²) in [4.78, 5) is 8.19. The second-order valence-electron chi connectivity index (χ2n) is 3.92. The molecule has 0 spiro atoms. The lowest BCUT2D eigenvalue weighted by Crippen LogP contribution is -1.91. The molecule has 112 valence electrons. The van der Waals surface area contributed by atoms with Crippen LogP contribution < -0.4 is 0 Å². The van der Waals surface area contributed by atoms with Gasteiger partial charge in [-0.05, 0) is 13.8 Å². The first kappa shape index (κ1) is 19.3. The maximum absolute atomic E-state index is 9.40. The molecule has 0 saturated carbocycles. The molecule has 2 heterocycles. The van der Waals surface area contributed by atoms with Crippen LogP contribution in [0.3, 0.4) is 0 Å². The minimum atomic E-state index is -0.0148. The molecular formula is C11H15Cl3N4OS. The average molecular weight is 358 g/mol. The lowest BCUT2D eigenvalue weighted by atomic mass is 10.3. The quantitative estimate of drug-likeness (QED) is 0.674. The number of halogens is 3. The van der Waals surface area contributed by atoms with E-state index in [9.17, 15) is 5.11 Å². The number of aromatic hydroxyl groups is 1. The molecule has 0 aliphatic heterocycles. The molecule has 0 unspecified atom stereocenters. The van der Waals surface area contributed by atoms with Crippen molar-refractivity contribution in [3.8, 4) is 5.88 Å². The Balaban J connectivity index is 0.00000180. The molecule has 0 fully saturated rings. The molecule has 1 N–H and O–H groups in total. The van der Waals surface area contributed by atoms with E-state index in [1.165, 1.54) is 17.8 Å². The van der Waals surface area contributed by atoms with Crippen LogP contribution in [0.2, 0.25) is 5.15 Å². The fourth-order valence-corrected chi connectivity index (χ4v) is 2.87. The SMILES string of the molecule is Cc1cc(O)nc(SCc2c(C)nn(C)c2Cl)n1.Cl.Cl. The molecule has 20 heavy (non-hydrogen) atoms. The Labute approximate surface area is 139 Å². The van der Waals surface area contributed by atoms with E-state index in [-0.39, 0.29) is 30.7 Å². The van der Waals surface area contributed by atoms with Crippen LogP contribution in [0.1, 0.15) is 17.0 Å². The van der Waals surface area contributed by atoms with Crippen molar-refractivity contribution in [3.05, 3.63) is 28.2 Å². The van der Waals surface area contributed by atoms with Crippen molar-refractivity contribution in [2.75, 3.05) is 0 Å². The smallest absolute Gasteiger partial charge is 0.215 e. The molecule has 0 atom stereocenters. The van der Waals surface area contributed by atoms with Crippen LogP contribution in [0.15, 0.2) is 11.2 Å². The van der Waals surface area contributed by atoms with Gasteiger partial charge in [-0.3, -0.25) is 4.68 Å². The number of aromatic nitrogens is 4. The highest BCUT2D eigenvalue weighted by Crippen LogP contribution is 2.27. The van der Waals surface area contributed by atoms with E-state index in [1.54, 1.807) is 11.7 Å². The van der Waals surface area contributed by atoms with Gasteiger partial charge in [-0.2, -0.15) is 10.1 Å². The first-order valence-electron chi connectivity index (χ1n) is 5.33. The van der Waals surface area contributed by atoms with Crippen LogP contribution in [0.4, 0.5) is 0 Å². The maximum Gasteiger partial charge on any atom is 0.215 e. The van der Waals surface area contributed by atoms with Crippen molar-refractivity contribution >= 4 is 48.2 Å². The Bertz CT molecular complexity index is 571. The normalized spacial score (nSPS) is 9.80. The van der Waals surface area contributed by atoms with Gasteiger partial charge in [0.2, 0.25) is 5.88 Å². The zero-order chi connectivity index (χ0) is 13.3. The summed E-state index contributed by atoms with van der Waals surface area (Å²) in [7, 11) is 1.80. The van der Waals surface area contributed by atoms with Crippen molar-refractivity contribution < 1.29 is 5.11 Å². The summed E-state index contributed by atoms with van der Waals surface area (Å²) in [6.45, 7) is 3.73. The van der Waals surface area contributed by atoms with Gasteiger partial charge in [-0.25, -0.2) is 4.98 Å². The van der Waals surface area contributed by atoms with Gasteiger partial charge in [-0.15, -0.1) is 24.8 Å². The first-order chi connectivity index (χ1) is 8.47. The highest BCUT2D eigenvalue weighted by molar-refractivity contribution is 7.98. The average Bonchev–Trinajstić information content (AvgIpc) is 2.50. The van der Waals surface area contributed by atoms with Crippen molar-refractivity contribution in [1.29, 1.82) is 0 Å². The number of hydrogen-bond acceptors (Lipinski definition) is 5. The number of nitrogens with zero attached hydrogens (tertiary/aromatic N) is 4. The van der Waals surface area contributed by atoms with Gasteiger partial charge in [-0.1, -0.05) is 23.4 Å². The second kappa shape index (κ2) is 7.93. The van der Waals surface area contributed by atoms with Crippen LogP contribution in [0, 0.1) is 13.8 Å². The van der Waals surface area contributed by atoms with Crippen molar-refractivity contribution in [3.63, 3.8) is 0 Å². The summed E-state index contributed by atoms with van der Waals surface area (Å²) in [6.07, 6.45) is 0. The summed E-state index contributed by atoms with van der Waals surface area (Å²) in [6, 6.07) is 1.52. The molecule has 0 aliphatic rings. The van der Waals surface area contributed by atoms with E-state index in [0.717, 1.165) is 17.0 Å². The third-order valence-corrected chi connectivity index (χ3v) is 3.78. The summed E-state index contributed by atoms with van der Waals surface area (Å²) in [5, 5.41) is 14.8. The third kappa shape index (κ3) is 4.41. The Hall–Kier alpha value is -0.690. The molecule has 2 aromatic heterocycles. The highest BCUT2D eigenvalue weighted by Gasteiger charge is 2.12. The van der Waals surface area contributed by atoms with Gasteiger partial charge >= 0.3 is 0 Å².